The number of rotatable bonds is 2. The third-order valence-electron chi connectivity index (χ3n) is 4.97. The molecule has 0 unspecified atom stereocenters. The van der Waals surface area contributed by atoms with Gasteiger partial charge in [-0.2, -0.15) is 0 Å². The van der Waals surface area contributed by atoms with Crippen molar-refractivity contribution in [3.8, 4) is 22.4 Å². The van der Waals surface area contributed by atoms with Crippen LogP contribution in [0.2, 0.25) is 0 Å². The highest BCUT2D eigenvalue weighted by atomic mass is 16.4. The van der Waals surface area contributed by atoms with Crippen LogP contribution >= 0.6 is 0 Å². The zero-order chi connectivity index (χ0) is 17.0. The molecule has 25 heavy (non-hydrogen) atoms. The second-order valence-electron chi connectivity index (χ2n) is 6.40. The first kappa shape index (κ1) is 14.1. The van der Waals surface area contributed by atoms with Gasteiger partial charge in [-0.05, 0) is 34.9 Å². The van der Waals surface area contributed by atoms with Gasteiger partial charge in [0.05, 0.1) is 11.1 Å². The molecule has 1 aliphatic heterocycles. The highest BCUT2D eigenvalue weighted by molar-refractivity contribution is 6.04. The molecule has 1 aromatic heterocycles. The number of hydrogen-bond acceptors (Lipinski definition) is 1. The first-order valence-corrected chi connectivity index (χ1v) is 8.26. The summed E-state index contributed by atoms with van der Waals surface area (Å²) in [5, 5.41) is 10.7. The Kier molecular flexibility index (Phi) is 2.86. The molecule has 3 heteroatoms. The van der Waals surface area contributed by atoms with E-state index in [1.165, 1.54) is 11.1 Å². The number of aromatic nitrogens is 1. The molecule has 0 amide bonds. The highest BCUT2D eigenvalue weighted by Gasteiger charge is 2.23. The maximum absolute atomic E-state index is 11.7. The van der Waals surface area contributed by atoms with Crippen molar-refractivity contribution in [3.63, 3.8) is 0 Å². The lowest BCUT2D eigenvalue weighted by Crippen LogP contribution is -1.99. The fourth-order valence-corrected chi connectivity index (χ4v) is 3.81. The van der Waals surface area contributed by atoms with Crippen LogP contribution in [-0.4, -0.2) is 15.6 Å². The summed E-state index contributed by atoms with van der Waals surface area (Å²) in [5.74, 6) is -0.898. The van der Waals surface area contributed by atoms with Gasteiger partial charge in [0, 0.05) is 23.2 Å². The van der Waals surface area contributed by atoms with E-state index in [0.29, 0.717) is 5.56 Å². The van der Waals surface area contributed by atoms with Gasteiger partial charge in [-0.15, -0.1) is 0 Å². The topological polar surface area (TPSA) is 42.2 Å². The summed E-state index contributed by atoms with van der Waals surface area (Å²) in [7, 11) is 0. The number of hydrogen-bond donors (Lipinski definition) is 1. The van der Waals surface area contributed by atoms with Crippen molar-refractivity contribution < 1.29 is 9.90 Å². The lowest BCUT2D eigenvalue weighted by molar-refractivity contribution is 0.0697. The van der Waals surface area contributed by atoms with E-state index in [1.807, 2.05) is 42.5 Å². The predicted octanol–water partition coefficient (Wildman–Crippen LogP) is 5.04. The van der Waals surface area contributed by atoms with Crippen LogP contribution in [-0.2, 0) is 6.54 Å². The van der Waals surface area contributed by atoms with Crippen molar-refractivity contribution in [2.24, 2.45) is 0 Å². The van der Waals surface area contributed by atoms with Crippen molar-refractivity contribution in [2.45, 2.75) is 6.54 Å². The van der Waals surface area contributed by atoms with Crippen molar-refractivity contribution >= 4 is 16.9 Å². The summed E-state index contributed by atoms with van der Waals surface area (Å²) < 4.78 is 2.22. The van der Waals surface area contributed by atoms with Crippen LogP contribution in [0.5, 0.6) is 0 Å². The summed E-state index contributed by atoms with van der Waals surface area (Å²) >= 11 is 0. The van der Waals surface area contributed by atoms with Gasteiger partial charge < -0.3 is 9.67 Å². The van der Waals surface area contributed by atoms with E-state index in [9.17, 15) is 9.90 Å². The Morgan fingerprint density at radius 2 is 1.64 bits per heavy atom. The van der Waals surface area contributed by atoms with Gasteiger partial charge >= 0.3 is 5.97 Å². The molecular formula is C22H15NO2. The lowest BCUT2D eigenvalue weighted by Gasteiger charge is -2.08. The minimum atomic E-state index is -0.898. The Morgan fingerprint density at radius 3 is 2.44 bits per heavy atom. The van der Waals surface area contributed by atoms with E-state index in [0.717, 1.165) is 34.3 Å². The summed E-state index contributed by atoms with van der Waals surface area (Å²) in [6.07, 6.45) is 0. The molecule has 120 valence electrons. The average Bonchev–Trinajstić information content (AvgIpc) is 3.18. The van der Waals surface area contributed by atoms with Crippen LogP contribution in [0.1, 0.15) is 15.9 Å². The summed E-state index contributed by atoms with van der Waals surface area (Å²) in [4.78, 5) is 11.7. The zero-order valence-corrected chi connectivity index (χ0v) is 13.4. The fourth-order valence-electron chi connectivity index (χ4n) is 3.81. The van der Waals surface area contributed by atoms with Crippen LogP contribution in [0, 0.1) is 0 Å². The molecule has 0 bridgehead atoms. The molecule has 0 atom stereocenters. The standard InChI is InChI=1S/C22H15NO2/c24-22(25)16-10-18(14-6-2-1-3-7-14)19-12-21-17-9-5-4-8-15(17)13-23(21)20(19)11-16/h1-12H,13H2,(H,24,25). The van der Waals surface area contributed by atoms with Gasteiger partial charge in [0.1, 0.15) is 0 Å². The van der Waals surface area contributed by atoms with Gasteiger partial charge in [-0.3, -0.25) is 0 Å². The Labute approximate surface area is 144 Å². The molecule has 0 fully saturated rings. The lowest BCUT2D eigenvalue weighted by atomic mass is 9.98. The van der Waals surface area contributed by atoms with E-state index in [2.05, 4.69) is 22.8 Å². The molecule has 1 N–H and O–H groups in total. The van der Waals surface area contributed by atoms with Gasteiger partial charge in [-0.1, -0.05) is 54.6 Å². The molecule has 0 spiro atoms. The normalized spacial score (nSPS) is 12.2. The molecule has 2 heterocycles. The molecule has 0 saturated carbocycles. The monoisotopic (exact) mass is 325 g/mol. The van der Waals surface area contributed by atoms with Gasteiger partial charge in [0.2, 0.25) is 0 Å². The molecule has 4 aromatic rings. The SMILES string of the molecule is O=C(O)c1cc(-c2ccccc2)c2cc3n(c2c1)Cc1ccccc1-3. The van der Waals surface area contributed by atoms with Gasteiger partial charge in [-0.25, -0.2) is 4.79 Å². The number of carbonyl (C=O) groups is 1. The Hall–Kier alpha value is -3.33. The Morgan fingerprint density at radius 1 is 0.880 bits per heavy atom. The highest BCUT2D eigenvalue weighted by Crippen LogP contribution is 2.40. The summed E-state index contributed by atoms with van der Waals surface area (Å²) in [6.45, 7) is 0.784. The summed E-state index contributed by atoms with van der Waals surface area (Å²) in [6, 6.07) is 24.1. The second-order valence-corrected chi connectivity index (χ2v) is 6.40. The number of fused-ring (bicyclic) bond motifs is 5. The second kappa shape index (κ2) is 5.08. The van der Waals surface area contributed by atoms with Crippen LogP contribution < -0.4 is 0 Å². The van der Waals surface area contributed by atoms with E-state index in [-0.39, 0.29) is 0 Å². The molecule has 0 radical (unpaired) electrons. The van der Waals surface area contributed by atoms with E-state index < -0.39 is 5.97 Å². The van der Waals surface area contributed by atoms with Gasteiger partial charge in [0.25, 0.3) is 0 Å². The third kappa shape index (κ3) is 2.02. The van der Waals surface area contributed by atoms with Crippen molar-refractivity contribution in [2.75, 3.05) is 0 Å². The van der Waals surface area contributed by atoms with E-state index in [4.69, 9.17) is 0 Å². The van der Waals surface area contributed by atoms with Crippen molar-refractivity contribution in [1.29, 1.82) is 0 Å². The quantitative estimate of drug-likeness (QED) is 0.494. The summed E-state index contributed by atoms with van der Waals surface area (Å²) in [5.41, 5.74) is 6.97. The number of carboxylic acid groups (broad SMARTS) is 1. The maximum atomic E-state index is 11.7. The average molecular weight is 325 g/mol. The number of nitrogens with zero attached hydrogens (tertiary/aromatic N) is 1. The van der Waals surface area contributed by atoms with Crippen molar-refractivity contribution in [3.05, 3.63) is 83.9 Å². The third-order valence-corrected chi connectivity index (χ3v) is 4.97. The Balaban J connectivity index is 1.86. The zero-order valence-electron chi connectivity index (χ0n) is 13.4. The molecule has 1 aliphatic rings. The molecule has 3 aromatic carbocycles. The predicted molar refractivity (Wildman–Crippen MR) is 98.9 cm³/mol. The molecule has 5 rings (SSSR count). The minimum Gasteiger partial charge on any atom is -0.478 e. The number of carboxylic acids is 1. The molecular weight excluding hydrogens is 310 g/mol. The van der Waals surface area contributed by atoms with E-state index in [1.54, 1.807) is 12.1 Å². The Bertz CT molecular complexity index is 1140. The van der Waals surface area contributed by atoms with Gasteiger partial charge in [0.15, 0.2) is 0 Å². The largest absolute Gasteiger partial charge is 0.478 e. The first-order chi connectivity index (χ1) is 12.2. The van der Waals surface area contributed by atoms with E-state index >= 15 is 0 Å². The minimum absolute atomic E-state index is 0.322. The maximum Gasteiger partial charge on any atom is 0.335 e. The smallest absolute Gasteiger partial charge is 0.335 e. The fraction of sp³-hybridized carbons (Fsp3) is 0.0455. The van der Waals surface area contributed by atoms with Crippen LogP contribution in [0.4, 0.5) is 0 Å². The molecule has 0 aliphatic carbocycles. The van der Waals surface area contributed by atoms with Crippen molar-refractivity contribution in [1.82, 2.24) is 4.57 Å². The molecule has 3 nitrogen and oxygen atoms in total. The van der Waals surface area contributed by atoms with Crippen LogP contribution in [0.3, 0.4) is 0 Å². The first-order valence-electron chi connectivity index (χ1n) is 8.26. The number of aromatic carboxylic acids is 1. The number of benzene rings is 3. The van der Waals surface area contributed by atoms with Crippen LogP contribution in [0.25, 0.3) is 33.3 Å². The van der Waals surface area contributed by atoms with Crippen LogP contribution in [0.15, 0.2) is 72.8 Å². The molecule has 0 saturated heterocycles.